The van der Waals surface area contributed by atoms with Crippen molar-refractivity contribution in [1.82, 2.24) is 10.6 Å². The minimum absolute atomic E-state index is 0.00997. The number of rotatable bonds is 15. The van der Waals surface area contributed by atoms with Gasteiger partial charge in [0.25, 0.3) is 0 Å². The first-order valence-electron chi connectivity index (χ1n) is 8.33. The van der Waals surface area contributed by atoms with Gasteiger partial charge in [-0.05, 0) is 11.4 Å². The first-order chi connectivity index (χ1) is 12.4. The highest BCUT2D eigenvalue weighted by atomic mass is 16.5. The molecule has 0 radical (unpaired) electrons. The summed E-state index contributed by atoms with van der Waals surface area (Å²) in [6.07, 6.45) is -0.0897. The van der Waals surface area contributed by atoms with Crippen LogP contribution in [0.15, 0.2) is 5.11 Å². The number of carbonyl (C=O) groups is 3. The smallest absolute Gasteiger partial charge is 0.305 e. The maximum absolute atomic E-state index is 12.0. The van der Waals surface area contributed by atoms with Crippen molar-refractivity contribution in [3.63, 3.8) is 0 Å². The van der Waals surface area contributed by atoms with Crippen molar-refractivity contribution in [2.75, 3.05) is 39.5 Å². The lowest BCUT2D eigenvalue weighted by molar-refractivity contribution is -0.137. The quantitative estimate of drug-likeness (QED) is 0.163. The van der Waals surface area contributed by atoms with Crippen LogP contribution in [0, 0.1) is 5.92 Å². The van der Waals surface area contributed by atoms with Crippen LogP contribution in [0.5, 0.6) is 0 Å². The normalized spacial score (nSPS) is 11.5. The molecule has 11 heteroatoms. The van der Waals surface area contributed by atoms with E-state index in [-0.39, 0.29) is 44.4 Å². The molecule has 0 spiro atoms. The fourth-order valence-corrected chi connectivity index (χ4v) is 1.82. The van der Waals surface area contributed by atoms with E-state index < -0.39 is 17.9 Å². The van der Waals surface area contributed by atoms with Crippen LogP contribution in [0.3, 0.4) is 0 Å². The Hall–Kier alpha value is -2.36. The van der Waals surface area contributed by atoms with Crippen LogP contribution in [0.4, 0.5) is 0 Å². The predicted octanol–water partition coefficient (Wildman–Crippen LogP) is 0.452. The summed E-state index contributed by atoms with van der Waals surface area (Å²) in [6, 6.07) is -0.736. The van der Waals surface area contributed by atoms with Gasteiger partial charge in [-0.15, -0.1) is 0 Å². The highest BCUT2D eigenvalue weighted by Gasteiger charge is 2.23. The van der Waals surface area contributed by atoms with Crippen LogP contribution < -0.4 is 10.6 Å². The number of nitrogens with one attached hydrogen (secondary N) is 2. The summed E-state index contributed by atoms with van der Waals surface area (Å²) in [5, 5.41) is 17.0. The van der Waals surface area contributed by atoms with E-state index in [0.717, 1.165) is 0 Å². The van der Waals surface area contributed by atoms with Gasteiger partial charge in [0.15, 0.2) is 0 Å². The lowest BCUT2D eigenvalue weighted by Gasteiger charge is -2.21. The zero-order chi connectivity index (χ0) is 19.8. The van der Waals surface area contributed by atoms with Crippen LogP contribution in [0.1, 0.15) is 26.7 Å². The number of carboxylic acid groups (broad SMARTS) is 1. The van der Waals surface area contributed by atoms with E-state index in [1.165, 1.54) is 0 Å². The maximum Gasteiger partial charge on any atom is 0.305 e. The van der Waals surface area contributed by atoms with Crippen LogP contribution in [-0.2, 0) is 23.9 Å². The van der Waals surface area contributed by atoms with Crippen LogP contribution in [0.2, 0.25) is 0 Å². The number of hydrogen-bond donors (Lipinski definition) is 3. The van der Waals surface area contributed by atoms with Crippen molar-refractivity contribution in [2.45, 2.75) is 32.7 Å². The number of hydrogen-bond acceptors (Lipinski definition) is 6. The van der Waals surface area contributed by atoms with Gasteiger partial charge in [0.1, 0.15) is 6.04 Å². The number of ether oxygens (including phenoxy) is 2. The van der Waals surface area contributed by atoms with Gasteiger partial charge in [-0.2, -0.15) is 0 Å². The van der Waals surface area contributed by atoms with E-state index in [1.54, 1.807) is 13.8 Å². The van der Waals surface area contributed by atoms with Crippen LogP contribution in [-0.4, -0.2) is 68.4 Å². The molecule has 0 unspecified atom stereocenters. The van der Waals surface area contributed by atoms with E-state index >= 15 is 0 Å². The Kier molecular flexibility index (Phi) is 13.6. The first-order valence-corrected chi connectivity index (χ1v) is 8.33. The number of aliphatic carboxylic acids is 1. The number of nitrogens with zero attached hydrogens (tertiary/aromatic N) is 3. The molecule has 3 N–H and O–H groups in total. The topological polar surface area (TPSA) is 163 Å². The minimum Gasteiger partial charge on any atom is -0.481 e. The molecule has 0 fully saturated rings. The third-order valence-corrected chi connectivity index (χ3v) is 3.15. The third kappa shape index (κ3) is 13.0. The third-order valence-electron chi connectivity index (χ3n) is 3.15. The van der Waals surface area contributed by atoms with Crippen molar-refractivity contribution >= 4 is 17.8 Å². The van der Waals surface area contributed by atoms with E-state index in [2.05, 4.69) is 20.7 Å². The van der Waals surface area contributed by atoms with Gasteiger partial charge < -0.3 is 25.2 Å². The minimum atomic E-state index is -1.01. The molecule has 0 heterocycles. The SMILES string of the molecule is CC(C)[C@H](NC(=O)CCOCCOCCN=[N+]=[N-])C(=O)NCCC(=O)O. The highest BCUT2D eigenvalue weighted by molar-refractivity contribution is 5.88. The standard InChI is InChI=1S/C15H27N5O6/c1-11(2)14(15(24)17-5-3-13(22)23)19-12(21)4-7-25-9-10-26-8-6-18-20-16/h11,14H,3-10H2,1-2H3,(H,17,24)(H,19,21)(H,22,23)/t14-/m0/s1. The number of carbonyl (C=O) groups excluding carboxylic acids is 2. The van der Waals surface area contributed by atoms with Crippen LogP contribution >= 0.6 is 0 Å². The Bertz CT molecular complexity index is 493. The zero-order valence-corrected chi connectivity index (χ0v) is 15.1. The second-order valence-corrected chi connectivity index (χ2v) is 5.65. The van der Waals surface area contributed by atoms with E-state index in [4.69, 9.17) is 20.1 Å². The lowest BCUT2D eigenvalue weighted by Crippen LogP contribution is -2.50. The number of carboxylic acids is 1. The summed E-state index contributed by atoms with van der Waals surface area (Å²) in [7, 11) is 0. The molecule has 0 aromatic rings. The molecule has 0 aliphatic carbocycles. The van der Waals surface area contributed by atoms with E-state index in [9.17, 15) is 14.4 Å². The Labute approximate surface area is 152 Å². The monoisotopic (exact) mass is 373 g/mol. The Morgan fingerprint density at radius 3 is 2.35 bits per heavy atom. The van der Waals surface area contributed by atoms with Crippen molar-refractivity contribution in [3.05, 3.63) is 10.4 Å². The van der Waals surface area contributed by atoms with Crippen molar-refractivity contribution in [2.24, 2.45) is 11.0 Å². The van der Waals surface area contributed by atoms with E-state index in [0.29, 0.717) is 19.8 Å². The molecule has 0 bridgehead atoms. The van der Waals surface area contributed by atoms with Crippen LogP contribution in [0.25, 0.3) is 10.4 Å². The van der Waals surface area contributed by atoms with Crippen molar-refractivity contribution < 1.29 is 29.0 Å². The Balaban J connectivity index is 3.95. The molecule has 0 aliphatic heterocycles. The Morgan fingerprint density at radius 1 is 1.12 bits per heavy atom. The van der Waals surface area contributed by atoms with Gasteiger partial charge >= 0.3 is 5.97 Å². The van der Waals surface area contributed by atoms with E-state index in [1.807, 2.05) is 0 Å². The molecule has 1 atom stereocenters. The second-order valence-electron chi connectivity index (χ2n) is 5.65. The molecule has 2 amide bonds. The van der Waals surface area contributed by atoms with Crippen molar-refractivity contribution in [1.29, 1.82) is 0 Å². The number of azide groups is 1. The Morgan fingerprint density at radius 2 is 1.77 bits per heavy atom. The fraction of sp³-hybridized carbons (Fsp3) is 0.800. The fourth-order valence-electron chi connectivity index (χ4n) is 1.82. The molecule has 148 valence electrons. The predicted molar refractivity (Wildman–Crippen MR) is 92.3 cm³/mol. The lowest BCUT2D eigenvalue weighted by atomic mass is 10.0. The highest BCUT2D eigenvalue weighted by Crippen LogP contribution is 2.02. The van der Waals surface area contributed by atoms with Gasteiger partial charge in [0.05, 0.1) is 32.8 Å². The van der Waals surface area contributed by atoms with Gasteiger partial charge in [-0.25, -0.2) is 0 Å². The zero-order valence-electron chi connectivity index (χ0n) is 15.1. The average Bonchev–Trinajstić information content (AvgIpc) is 2.57. The molecule has 0 saturated carbocycles. The second kappa shape index (κ2) is 14.9. The summed E-state index contributed by atoms with van der Waals surface area (Å²) in [6.45, 7) is 4.94. The van der Waals surface area contributed by atoms with Gasteiger partial charge in [-0.3, -0.25) is 14.4 Å². The van der Waals surface area contributed by atoms with Gasteiger partial charge in [0, 0.05) is 24.4 Å². The molecular weight excluding hydrogens is 346 g/mol. The summed E-state index contributed by atoms with van der Waals surface area (Å²) < 4.78 is 10.4. The average molecular weight is 373 g/mol. The summed E-state index contributed by atoms with van der Waals surface area (Å²) in [5.41, 5.74) is 8.08. The summed E-state index contributed by atoms with van der Waals surface area (Å²) in [5.74, 6) is -1.89. The number of amides is 2. The summed E-state index contributed by atoms with van der Waals surface area (Å²) >= 11 is 0. The maximum atomic E-state index is 12.0. The van der Waals surface area contributed by atoms with Gasteiger partial charge in [-0.1, -0.05) is 19.0 Å². The molecular formula is C15H27N5O6. The molecule has 0 aliphatic rings. The largest absolute Gasteiger partial charge is 0.481 e. The summed E-state index contributed by atoms with van der Waals surface area (Å²) in [4.78, 5) is 37.0. The first kappa shape index (κ1) is 23.6. The molecule has 0 rings (SSSR count). The van der Waals surface area contributed by atoms with Crippen molar-refractivity contribution in [3.8, 4) is 0 Å². The molecule has 0 aromatic carbocycles. The molecule has 11 nitrogen and oxygen atoms in total. The molecule has 0 saturated heterocycles. The molecule has 26 heavy (non-hydrogen) atoms. The van der Waals surface area contributed by atoms with Gasteiger partial charge in [0.2, 0.25) is 11.8 Å². The molecule has 0 aromatic heterocycles.